The van der Waals surface area contributed by atoms with E-state index in [-0.39, 0.29) is 29.0 Å². The Morgan fingerprint density at radius 1 is 1.42 bits per heavy atom. The van der Waals surface area contributed by atoms with E-state index in [9.17, 15) is 23.3 Å². The second-order valence-electron chi connectivity index (χ2n) is 7.02. The van der Waals surface area contributed by atoms with Gasteiger partial charge in [0.05, 0.1) is 10.6 Å². The SMILES string of the molecule is CC1=C([N+](=O)[O-])C[N+](N)(C2CC2)C(Cc2ccc(C(F)(F)F)nc2)N1C. The minimum atomic E-state index is -4.48. The predicted octanol–water partition coefficient (Wildman–Crippen LogP) is 2.28. The van der Waals surface area contributed by atoms with E-state index in [0.717, 1.165) is 18.9 Å². The van der Waals surface area contributed by atoms with Crippen LogP contribution in [0.15, 0.2) is 29.7 Å². The highest BCUT2D eigenvalue weighted by molar-refractivity contribution is 5.18. The number of alkyl halides is 3. The highest BCUT2D eigenvalue weighted by Crippen LogP contribution is 2.39. The molecule has 0 saturated heterocycles. The molecule has 1 saturated carbocycles. The van der Waals surface area contributed by atoms with Crippen LogP contribution < -0.4 is 5.84 Å². The number of pyridine rings is 1. The highest BCUT2D eigenvalue weighted by Gasteiger charge is 2.55. The molecule has 0 bridgehead atoms. The predicted molar refractivity (Wildman–Crippen MR) is 86.5 cm³/mol. The summed E-state index contributed by atoms with van der Waals surface area (Å²) in [5.74, 6) is 6.59. The molecule has 0 radical (unpaired) electrons. The van der Waals surface area contributed by atoms with E-state index in [1.54, 1.807) is 18.9 Å². The van der Waals surface area contributed by atoms with Crippen LogP contribution in [0.1, 0.15) is 31.0 Å². The second kappa shape index (κ2) is 6.20. The maximum Gasteiger partial charge on any atom is 0.433 e. The number of nitro groups is 1. The van der Waals surface area contributed by atoms with Gasteiger partial charge < -0.3 is 4.90 Å². The van der Waals surface area contributed by atoms with Crippen LogP contribution >= 0.6 is 0 Å². The maximum absolute atomic E-state index is 12.7. The number of aromatic nitrogens is 1. The lowest BCUT2D eigenvalue weighted by Gasteiger charge is -2.47. The quantitative estimate of drug-likeness (QED) is 0.379. The van der Waals surface area contributed by atoms with E-state index in [1.165, 1.54) is 12.3 Å². The lowest BCUT2D eigenvalue weighted by Crippen LogP contribution is -2.71. The largest absolute Gasteiger partial charge is 0.433 e. The molecule has 0 amide bonds. The van der Waals surface area contributed by atoms with Crippen molar-refractivity contribution in [1.82, 2.24) is 9.88 Å². The first-order valence-electron chi connectivity index (χ1n) is 8.29. The number of halogens is 3. The summed E-state index contributed by atoms with van der Waals surface area (Å²) in [6, 6.07) is 2.46. The van der Waals surface area contributed by atoms with Crippen molar-refractivity contribution in [2.45, 2.75) is 44.6 Å². The second-order valence-corrected chi connectivity index (χ2v) is 7.02. The van der Waals surface area contributed by atoms with E-state index in [2.05, 4.69) is 4.98 Å². The van der Waals surface area contributed by atoms with Crippen LogP contribution in [0.25, 0.3) is 0 Å². The molecule has 1 aliphatic heterocycles. The van der Waals surface area contributed by atoms with Gasteiger partial charge >= 0.3 is 11.9 Å². The van der Waals surface area contributed by atoms with Gasteiger partial charge in [-0.2, -0.15) is 19.0 Å². The average Bonchev–Trinajstić information content (AvgIpc) is 3.40. The zero-order chi connectivity index (χ0) is 19.3. The molecule has 2 unspecified atom stereocenters. The number of hydrogen-bond donors (Lipinski definition) is 1. The number of nitrogens with two attached hydrogens (primary N) is 1. The third kappa shape index (κ3) is 3.26. The van der Waals surface area contributed by atoms with E-state index in [4.69, 9.17) is 5.84 Å². The average molecular weight is 372 g/mol. The molecule has 1 aliphatic carbocycles. The fourth-order valence-corrected chi connectivity index (χ4v) is 3.58. The molecule has 1 aromatic rings. The summed E-state index contributed by atoms with van der Waals surface area (Å²) in [6.07, 6.45) is -1.45. The topological polar surface area (TPSA) is 85.3 Å². The minimum absolute atomic E-state index is 0.00513. The van der Waals surface area contributed by atoms with E-state index in [1.807, 2.05) is 0 Å². The van der Waals surface area contributed by atoms with Gasteiger partial charge in [0.15, 0.2) is 12.7 Å². The molecule has 1 aromatic heterocycles. The molecule has 2 N–H and O–H groups in total. The monoisotopic (exact) mass is 372 g/mol. The smallest absolute Gasteiger partial charge is 0.322 e. The summed E-state index contributed by atoms with van der Waals surface area (Å²) in [4.78, 5) is 16.3. The number of rotatable bonds is 4. The van der Waals surface area contributed by atoms with Crippen molar-refractivity contribution in [2.24, 2.45) is 5.84 Å². The molecule has 10 heteroatoms. The van der Waals surface area contributed by atoms with Crippen molar-refractivity contribution in [1.29, 1.82) is 0 Å². The van der Waals surface area contributed by atoms with Crippen LogP contribution in [0.3, 0.4) is 0 Å². The fourth-order valence-electron chi connectivity index (χ4n) is 3.58. The van der Waals surface area contributed by atoms with Crippen LogP contribution in [0.2, 0.25) is 0 Å². The van der Waals surface area contributed by atoms with Gasteiger partial charge in [0, 0.05) is 32.5 Å². The molecular weight excluding hydrogens is 351 g/mol. The normalized spacial score (nSPS) is 27.0. The van der Waals surface area contributed by atoms with E-state index >= 15 is 0 Å². The summed E-state index contributed by atoms with van der Waals surface area (Å²) in [5, 5.41) is 11.4. The van der Waals surface area contributed by atoms with Crippen LogP contribution in [-0.2, 0) is 12.6 Å². The molecule has 3 rings (SSSR count). The van der Waals surface area contributed by atoms with Gasteiger partial charge in [-0.1, -0.05) is 6.07 Å². The molecule has 7 nitrogen and oxygen atoms in total. The first-order valence-corrected chi connectivity index (χ1v) is 8.29. The van der Waals surface area contributed by atoms with Gasteiger partial charge in [0.25, 0.3) is 0 Å². The summed E-state index contributed by atoms with van der Waals surface area (Å²) in [7, 11) is 1.74. The number of nitrogens with zero attached hydrogens (tertiary/aromatic N) is 4. The number of allylic oxidation sites excluding steroid dienone is 1. The highest BCUT2D eigenvalue weighted by atomic mass is 19.4. The van der Waals surface area contributed by atoms with Gasteiger partial charge in [-0.15, -0.1) is 0 Å². The van der Waals surface area contributed by atoms with Gasteiger partial charge in [-0.25, -0.2) is 4.59 Å². The Morgan fingerprint density at radius 2 is 2.08 bits per heavy atom. The minimum Gasteiger partial charge on any atom is -0.322 e. The molecule has 0 aromatic carbocycles. The molecule has 26 heavy (non-hydrogen) atoms. The first kappa shape index (κ1) is 18.6. The van der Waals surface area contributed by atoms with E-state index < -0.39 is 16.8 Å². The van der Waals surface area contributed by atoms with Crippen LogP contribution in [-0.4, -0.2) is 45.2 Å². The van der Waals surface area contributed by atoms with Crippen molar-refractivity contribution >= 4 is 0 Å². The van der Waals surface area contributed by atoms with Gasteiger partial charge in [0.2, 0.25) is 0 Å². The third-order valence-electron chi connectivity index (χ3n) is 5.35. The summed E-state index contributed by atoms with van der Waals surface area (Å²) >= 11 is 0. The Balaban J connectivity index is 1.91. The lowest BCUT2D eigenvalue weighted by molar-refractivity contribution is -0.984. The molecule has 2 heterocycles. The van der Waals surface area contributed by atoms with Crippen molar-refractivity contribution in [3.05, 3.63) is 51.1 Å². The molecule has 2 aliphatic rings. The van der Waals surface area contributed by atoms with Crippen LogP contribution in [0.4, 0.5) is 13.2 Å². The fraction of sp³-hybridized carbons (Fsp3) is 0.562. The zero-order valence-corrected chi connectivity index (χ0v) is 14.5. The van der Waals surface area contributed by atoms with Gasteiger partial charge in [0.1, 0.15) is 11.7 Å². The standard InChI is InChI=1S/C16H21F3N5O2/c1-10-13(23(25)26)9-24(20,12-4-5-12)15(22(10)2)7-11-3-6-14(21-8-11)16(17,18)19/h3,6,8,12,15H,4-5,7,9,20H2,1-2H3/q+1. The number of quaternary nitrogens is 1. The van der Waals surface area contributed by atoms with Crippen LogP contribution in [0, 0.1) is 10.1 Å². The number of hydrogen-bond acceptors (Lipinski definition) is 5. The Bertz CT molecular complexity index is 745. The Labute approximate surface area is 148 Å². The van der Waals surface area contributed by atoms with E-state index in [0.29, 0.717) is 17.7 Å². The molecule has 2 atom stereocenters. The third-order valence-corrected chi connectivity index (χ3v) is 5.35. The molecular formula is C16H21F3N5O2+. The zero-order valence-electron chi connectivity index (χ0n) is 14.5. The van der Waals surface area contributed by atoms with Crippen LogP contribution in [0.5, 0.6) is 0 Å². The van der Waals surface area contributed by atoms with Crippen molar-refractivity contribution in [3.63, 3.8) is 0 Å². The Hall–Kier alpha value is -2.20. The Morgan fingerprint density at radius 3 is 2.54 bits per heavy atom. The maximum atomic E-state index is 12.7. The molecule has 1 fully saturated rings. The van der Waals surface area contributed by atoms with Crippen molar-refractivity contribution in [2.75, 3.05) is 13.6 Å². The van der Waals surface area contributed by atoms with Gasteiger partial charge in [-0.3, -0.25) is 15.1 Å². The summed E-state index contributed by atoms with van der Waals surface area (Å²) in [5.41, 5.74) is 0.282. The van der Waals surface area contributed by atoms with Crippen molar-refractivity contribution in [3.8, 4) is 0 Å². The van der Waals surface area contributed by atoms with Crippen molar-refractivity contribution < 1.29 is 22.7 Å². The lowest BCUT2D eigenvalue weighted by atomic mass is 10.1. The Kier molecular flexibility index (Phi) is 4.43. The molecule has 142 valence electrons. The summed E-state index contributed by atoms with van der Waals surface area (Å²) < 4.78 is 38.1. The molecule has 0 spiro atoms. The first-order chi connectivity index (χ1) is 12.0. The summed E-state index contributed by atoms with van der Waals surface area (Å²) in [6.45, 7) is 1.78. The number of likely N-dealkylation sites (N-methyl/N-ethyl adjacent to an activating group) is 1. The van der Waals surface area contributed by atoms with Gasteiger partial charge in [-0.05, 0) is 18.6 Å².